The first-order valence-electron chi connectivity index (χ1n) is 6.21. The number of para-hydroxylation sites is 1. The molecule has 0 spiro atoms. The van der Waals surface area contributed by atoms with Crippen molar-refractivity contribution in [3.8, 4) is 0 Å². The van der Waals surface area contributed by atoms with Gasteiger partial charge in [-0.25, -0.2) is 0 Å². The third-order valence-electron chi connectivity index (χ3n) is 3.51. The van der Waals surface area contributed by atoms with E-state index in [1.165, 1.54) is 27.4 Å². The van der Waals surface area contributed by atoms with E-state index < -0.39 is 0 Å². The van der Waals surface area contributed by atoms with E-state index in [1.54, 1.807) is 0 Å². The Balaban J connectivity index is 2.44. The summed E-state index contributed by atoms with van der Waals surface area (Å²) in [5.74, 6) is 0. The van der Waals surface area contributed by atoms with Gasteiger partial charge in [-0.05, 0) is 0 Å². The van der Waals surface area contributed by atoms with Crippen LogP contribution in [0.5, 0.6) is 0 Å². The Morgan fingerprint density at radius 3 is 2.28 bits per heavy atom. The van der Waals surface area contributed by atoms with Gasteiger partial charge in [-0.1, -0.05) is 0 Å². The van der Waals surface area contributed by atoms with Crippen LogP contribution in [-0.4, -0.2) is 20.6 Å². The fourth-order valence-electron chi connectivity index (χ4n) is 2.42. The molecule has 0 saturated heterocycles. The summed E-state index contributed by atoms with van der Waals surface area (Å²) >= 11 is 2.64. The molecule has 2 heteroatoms. The van der Waals surface area contributed by atoms with Gasteiger partial charge in [0.05, 0.1) is 0 Å². The molecule has 0 unspecified atom stereocenters. The Morgan fingerprint density at radius 2 is 1.56 bits per heavy atom. The van der Waals surface area contributed by atoms with Crippen LogP contribution in [0.4, 0.5) is 0 Å². The van der Waals surface area contributed by atoms with Crippen molar-refractivity contribution in [1.82, 2.24) is 3.48 Å². The van der Waals surface area contributed by atoms with Crippen LogP contribution >= 0.6 is 0 Å². The molecule has 2 radical (unpaired) electrons. The van der Waals surface area contributed by atoms with E-state index in [0.717, 1.165) is 0 Å². The van der Waals surface area contributed by atoms with Crippen molar-refractivity contribution in [3.05, 3.63) is 48.0 Å². The van der Waals surface area contributed by atoms with Gasteiger partial charge >= 0.3 is 117 Å². The minimum absolute atomic E-state index is 0.194. The maximum absolute atomic E-state index is 2.64. The molecule has 0 saturated carbocycles. The molecule has 90 valence electrons. The van der Waals surface area contributed by atoms with E-state index in [-0.39, 0.29) is 5.41 Å². The van der Waals surface area contributed by atoms with E-state index in [1.807, 2.05) is 0 Å². The van der Waals surface area contributed by atoms with Gasteiger partial charge in [0.2, 0.25) is 0 Å². The summed E-state index contributed by atoms with van der Waals surface area (Å²) in [6.45, 7) is 6.78. The van der Waals surface area contributed by atoms with Crippen LogP contribution in [0.2, 0.25) is 0 Å². The van der Waals surface area contributed by atoms with Crippen molar-refractivity contribution in [2.75, 3.05) is 0 Å². The predicted octanol–water partition coefficient (Wildman–Crippen LogP) is 4.02. The van der Waals surface area contributed by atoms with Crippen molar-refractivity contribution >= 4 is 38.9 Å². The van der Waals surface area contributed by atoms with Gasteiger partial charge in [-0.3, -0.25) is 0 Å². The second kappa shape index (κ2) is 3.90. The zero-order valence-corrected chi connectivity index (χ0v) is 12.8. The average molecular weight is 297 g/mol. The molecule has 1 heterocycles. The first-order valence-corrected chi connectivity index (χ1v) is 7.05. The van der Waals surface area contributed by atoms with Gasteiger partial charge in [0.1, 0.15) is 0 Å². The van der Waals surface area contributed by atoms with Gasteiger partial charge in [0, 0.05) is 0 Å². The van der Waals surface area contributed by atoms with E-state index in [9.17, 15) is 0 Å². The zero-order chi connectivity index (χ0) is 12.9. The van der Waals surface area contributed by atoms with Gasteiger partial charge in [-0.2, -0.15) is 0 Å². The second-order valence-electron chi connectivity index (χ2n) is 5.81. The van der Waals surface area contributed by atoms with Crippen molar-refractivity contribution in [2.45, 2.75) is 26.2 Å². The van der Waals surface area contributed by atoms with Gasteiger partial charge in [0.15, 0.2) is 0 Å². The Hall–Kier alpha value is -1.20. The number of aromatic nitrogens is 1. The summed E-state index contributed by atoms with van der Waals surface area (Å²) in [4.78, 5) is 0. The quantitative estimate of drug-likeness (QED) is 0.552. The molecule has 3 rings (SSSR count). The zero-order valence-electron chi connectivity index (χ0n) is 10.9. The summed E-state index contributed by atoms with van der Waals surface area (Å²) < 4.78 is 2.21. The molecule has 0 aliphatic carbocycles. The van der Waals surface area contributed by atoms with Crippen LogP contribution in [0.25, 0.3) is 21.8 Å². The van der Waals surface area contributed by atoms with Gasteiger partial charge < -0.3 is 0 Å². The maximum atomic E-state index is 2.64. The Labute approximate surface area is 117 Å². The van der Waals surface area contributed by atoms with Crippen LogP contribution in [0, 0.1) is 0 Å². The van der Waals surface area contributed by atoms with E-state index >= 15 is 0 Å². The first-order chi connectivity index (χ1) is 8.48. The molecule has 2 aromatic carbocycles. The molecule has 1 aromatic heterocycles. The standard InChI is InChI=1S/C16H16AsN/c1-16(2,3)11-8-9-15-13(10-11)12-6-4-5-7-14(12)18(15)17/h4-10H,1-3H3. The SMILES string of the molecule is CC(C)(C)c1ccc2c(c1)c1ccccc1n2[As]. The molecule has 18 heavy (non-hydrogen) atoms. The monoisotopic (exact) mass is 297 g/mol. The molecule has 3 aromatic rings. The second-order valence-corrected chi connectivity index (χ2v) is 6.65. The number of fused-ring (bicyclic) bond motifs is 3. The molecular weight excluding hydrogens is 281 g/mol. The molecule has 0 amide bonds. The third kappa shape index (κ3) is 1.69. The summed E-state index contributed by atoms with van der Waals surface area (Å²) in [5.41, 5.74) is 4.14. The summed E-state index contributed by atoms with van der Waals surface area (Å²) in [5, 5.41) is 2.68. The van der Waals surface area contributed by atoms with E-state index in [4.69, 9.17) is 0 Å². The third-order valence-corrected chi connectivity index (χ3v) is 4.42. The molecule has 0 atom stereocenters. The number of hydrogen-bond donors (Lipinski definition) is 0. The molecule has 0 aliphatic heterocycles. The van der Waals surface area contributed by atoms with Crippen molar-refractivity contribution in [2.24, 2.45) is 0 Å². The van der Waals surface area contributed by atoms with Crippen LogP contribution in [0.1, 0.15) is 26.3 Å². The molecular formula is C16H16AsN. The molecule has 0 fully saturated rings. The fraction of sp³-hybridized carbons (Fsp3) is 0.250. The average Bonchev–Trinajstić information content (AvgIpc) is 2.63. The van der Waals surface area contributed by atoms with Crippen molar-refractivity contribution in [3.63, 3.8) is 0 Å². The number of rotatable bonds is 0. The summed E-state index contributed by atoms with van der Waals surface area (Å²) in [7, 11) is 0. The van der Waals surface area contributed by atoms with Crippen molar-refractivity contribution in [1.29, 1.82) is 0 Å². The number of nitrogens with zero attached hydrogens (tertiary/aromatic N) is 1. The number of hydrogen-bond acceptors (Lipinski definition) is 0. The predicted molar refractivity (Wildman–Crippen MR) is 79.3 cm³/mol. The molecule has 0 bridgehead atoms. The van der Waals surface area contributed by atoms with E-state index in [2.05, 4.69) is 83.8 Å². The Bertz CT molecular complexity index is 732. The van der Waals surface area contributed by atoms with Crippen LogP contribution in [0.3, 0.4) is 0 Å². The minimum atomic E-state index is 0.194. The Kier molecular flexibility index (Phi) is 2.57. The van der Waals surface area contributed by atoms with Crippen molar-refractivity contribution < 1.29 is 0 Å². The normalized spacial score (nSPS) is 12.4. The molecule has 1 nitrogen and oxygen atoms in total. The Morgan fingerprint density at radius 1 is 0.889 bits per heavy atom. The van der Waals surface area contributed by atoms with E-state index in [0.29, 0.717) is 0 Å². The van der Waals surface area contributed by atoms with Crippen LogP contribution in [0.15, 0.2) is 42.5 Å². The van der Waals surface area contributed by atoms with Gasteiger partial charge in [0.25, 0.3) is 0 Å². The van der Waals surface area contributed by atoms with Crippen LogP contribution in [-0.2, 0) is 5.41 Å². The van der Waals surface area contributed by atoms with Crippen LogP contribution < -0.4 is 0 Å². The van der Waals surface area contributed by atoms with Gasteiger partial charge in [-0.15, -0.1) is 0 Å². The molecule has 0 aliphatic rings. The number of benzene rings is 2. The summed E-state index contributed by atoms with van der Waals surface area (Å²) in [6.07, 6.45) is 0. The fourth-order valence-corrected chi connectivity index (χ4v) is 3.15. The first kappa shape index (κ1) is 11.9. The topological polar surface area (TPSA) is 4.93 Å². The summed E-state index contributed by atoms with van der Waals surface area (Å²) in [6, 6.07) is 15.4. The molecule has 0 N–H and O–H groups in total.